The summed E-state index contributed by atoms with van der Waals surface area (Å²) in [6.07, 6.45) is 14.1. The quantitative estimate of drug-likeness (QED) is 0.485. The first kappa shape index (κ1) is 21.9. The first-order valence-corrected chi connectivity index (χ1v) is 11.0. The van der Waals surface area contributed by atoms with Crippen molar-refractivity contribution in [2.75, 3.05) is 5.32 Å². The summed E-state index contributed by atoms with van der Waals surface area (Å²) in [5.74, 6) is 0.596. The number of nitrogens with one attached hydrogen (secondary N) is 2. The van der Waals surface area contributed by atoms with Crippen LogP contribution < -0.4 is 10.6 Å². The first-order chi connectivity index (χ1) is 14.4. The second-order valence-electron chi connectivity index (χ2n) is 8.60. The van der Waals surface area contributed by atoms with Crippen LogP contribution >= 0.6 is 0 Å². The number of hydrogen-bond donors (Lipinski definition) is 2. The molecule has 2 N–H and O–H groups in total. The highest BCUT2D eigenvalue weighted by Gasteiger charge is 2.23. The summed E-state index contributed by atoms with van der Waals surface area (Å²) in [5, 5.41) is 6.54. The van der Waals surface area contributed by atoms with E-state index < -0.39 is 0 Å². The van der Waals surface area contributed by atoms with Crippen molar-refractivity contribution in [3.63, 3.8) is 0 Å². The molecule has 0 aliphatic heterocycles. The molecule has 0 radical (unpaired) electrons. The van der Waals surface area contributed by atoms with Crippen molar-refractivity contribution >= 4 is 17.2 Å². The predicted molar refractivity (Wildman–Crippen MR) is 128 cm³/mol. The van der Waals surface area contributed by atoms with Crippen molar-refractivity contribution in [3.05, 3.63) is 84.6 Å². The molecule has 0 unspecified atom stereocenters. The zero-order chi connectivity index (χ0) is 21.5. The SMILES string of the molecule is C=C(CC1CCC(NC(=O)C(=C)C)CC1)Nc1ccc(C(=C)C2=CCCC=C2)cc1. The lowest BCUT2D eigenvalue weighted by Crippen LogP contribution is -2.38. The third-order valence-electron chi connectivity index (χ3n) is 6.00. The Morgan fingerprint density at radius 1 is 1.03 bits per heavy atom. The maximum atomic E-state index is 11.8. The number of benzene rings is 1. The van der Waals surface area contributed by atoms with Crippen molar-refractivity contribution in [1.82, 2.24) is 5.32 Å². The lowest BCUT2D eigenvalue weighted by atomic mass is 9.83. The van der Waals surface area contributed by atoms with E-state index in [9.17, 15) is 4.79 Å². The highest BCUT2D eigenvalue weighted by Crippen LogP contribution is 2.30. The van der Waals surface area contributed by atoms with Crippen molar-refractivity contribution in [2.24, 2.45) is 5.92 Å². The summed E-state index contributed by atoms with van der Waals surface area (Å²) < 4.78 is 0. The van der Waals surface area contributed by atoms with Gasteiger partial charge in [0.1, 0.15) is 0 Å². The van der Waals surface area contributed by atoms with E-state index in [0.29, 0.717) is 11.5 Å². The number of carbonyl (C=O) groups is 1. The van der Waals surface area contributed by atoms with E-state index in [4.69, 9.17) is 0 Å². The lowest BCUT2D eigenvalue weighted by Gasteiger charge is -2.29. The maximum Gasteiger partial charge on any atom is 0.246 e. The number of allylic oxidation sites excluding steroid dienone is 6. The molecule has 1 fully saturated rings. The molecule has 0 saturated heterocycles. The molecule has 158 valence electrons. The first-order valence-electron chi connectivity index (χ1n) is 11.0. The predicted octanol–water partition coefficient (Wildman–Crippen LogP) is 6.54. The number of amides is 1. The molecular weight excluding hydrogens is 368 g/mol. The lowest BCUT2D eigenvalue weighted by molar-refractivity contribution is -0.118. The van der Waals surface area contributed by atoms with Crippen LogP contribution in [0.15, 0.2) is 79.1 Å². The highest BCUT2D eigenvalue weighted by atomic mass is 16.1. The Hall–Kier alpha value is -2.81. The van der Waals surface area contributed by atoms with Crippen LogP contribution in [0.5, 0.6) is 0 Å². The topological polar surface area (TPSA) is 41.1 Å². The molecule has 3 heteroatoms. The monoisotopic (exact) mass is 402 g/mol. The van der Waals surface area contributed by atoms with Gasteiger partial charge in [0.15, 0.2) is 0 Å². The average molecular weight is 403 g/mol. The Morgan fingerprint density at radius 2 is 1.73 bits per heavy atom. The fourth-order valence-electron chi connectivity index (χ4n) is 4.18. The Balaban J connectivity index is 1.45. The van der Waals surface area contributed by atoms with Crippen LogP contribution in [0.3, 0.4) is 0 Å². The van der Waals surface area contributed by atoms with Crippen LogP contribution in [-0.2, 0) is 4.79 Å². The second kappa shape index (κ2) is 10.3. The molecule has 1 aromatic carbocycles. The van der Waals surface area contributed by atoms with Gasteiger partial charge >= 0.3 is 0 Å². The molecule has 0 aromatic heterocycles. The van der Waals surface area contributed by atoms with Crippen LogP contribution in [-0.4, -0.2) is 11.9 Å². The zero-order valence-electron chi connectivity index (χ0n) is 18.2. The molecule has 2 aliphatic carbocycles. The number of rotatable bonds is 8. The van der Waals surface area contributed by atoms with Crippen LogP contribution in [0.2, 0.25) is 0 Å². The van der Waals surface area contributed by atoms with Crippen LogP contribution in [0.25, 0.3) is 5.57 Å². The molecule has 0 spiro atoms. The number of carbonyl (C=O) groups excluding carboxylic acids is 1. The molecule has 30 heavy (non-hydrogen) atoms. The molecule has 3 rings (SSSR count). The third kappa shape index (κ3) is 6.09. The number of anilines is 1. The largest absolute Gasteiger partial charge is 0.359 e. The van der Waals surface area contributed by atoms with E-state index in [-0.39, 0.29) is 11.9 Å². The molecule has 3 nitrogen and oxygen atoms in total. The minimum Gasteiger partial charge on any atom is -0.359 e. The Kier molecular flexibility index (Phi) is 7.51. The normalized spacial score (nSPS) is 20.8. The van der Waals surface area contributed by atoms with E-state index in [1.54, 1.807) is 6.92 Å². The fraction of sp³-hybridized carbons (Fsp3) is 0.370. The minimum absolute atomic E-state index is 0.0218. The molecule has 1 amide bonds. The van der Waals surface area contributed by atoms with Crippen molar-refractivity contribution < 1.29 is 4.79 Å². The van der Waals surface area contributed by atoms with Gasteiger partial charge in [0.2, 0.25) is 5.91 Å². The molecule has 0 atom stereocenters. The van der Waals surface area contributed by atoms with Crippen LogP contribution in [0.4, 0.5) is 5.69 Å². The van der Waals surface area contributed by atoms with Gasteiger partial charge in [-0.2, -0.15) is 0 Å². The summed E-state index contributed by atoms with van der Waals surface area (Å²) in [6, 6.07) is 8.72. The smallest absolute Gasteiger partial charge is 0.246 e. The molecule has 2 aliphatic rings. The van der Waals surface area contributed by atoms with Gasteiger partial charge in [0.25, 0.3) is 0 Å². The summed E-state index contributed by atoms with van der Waals surface area (Å²) in [6.45, 7) is 14.0. The van der Waals surface area contributed by atoms with Crippen LogP contribution in [0, 0.1) is 5.92 Å². The molecule has 1 aromatic rings. The Bertz CT molecular complexity index is 865. The standard InChI is InChI=1S/C27H34N2O/c1-19(2)27(30)29-26-14-10-22(11-15-26)18-20(3)28-25-16-12-24(13-17-25)21(4)23-8-6-5-7-9-23/h6,8-9,12-13,16-17,22,26,28H,1,3-5,7,10-11,14-15,18H2,2H3,(H,29,30). The summed E-state index contributed by atoms with van der Waals surface area (Å²) in [5.41, 5.74) is 6.14. The molecule has 1 saturated carbocycles. The van der Waals surface area contributed by atoms with Gasteiger partial charge in [0.05, 0.1) is 0 Å². The van der Waals surface area contributed by atoms with Gasteiger partial charge < -0.3 is 10.6 Å². The Labute approximate surface area is 181 Å². The van der Waals surface area contributed by atoms with Gasteiger partial charge in [-0.1, -0.05) is 50.1 Å². The van der Waals surface area contributed by atoms with E-state index >= 15 is 0 Å². The minimum atomic E-state index is -0.0218. The van der Waals surface area contributed by atoms with Crippen molar-refractivity contribution in [1.29, 1.82) is 0 Å². The molecular formula is C27H34N2O. The van der Waals surface area contributed by atoms with Crippen molar-refractivity contribution in [3.8, 4) is 0 Å². The third-order valence-corrected chi connectivity index (χ3v) is 6.00. The van der Waals surface area contributed by atoms with Gasteiger partial charge in [0, 0.05) is 23.0 Å². The van der Waals surface area contributed by atoms with Gasteiger partial charge in [-0.25, -0.2) is 0 Å². The van der Waals surface area contributed by atoms with Crippen molar-refractivity contribution in [2.45, 2.75) is 57.9 Å². The fourth-order valence-corrected chi connectivity index (χ4v) is 4.18. The van der Waals surface area contributed by atoms with E-state index in [0.717, 1.165) is 67.5 Å². The van der Waals surface area contributed by atoms with E-state index in [2.05, 4.69) is 72.9 Å². The van der Waals surface area contributed by atoms with Crippen LogP contribution in [0.1, 0.15) is 57.4 Å². The summed E-state index contributed by atoms with van der Waals surface area (Å²) in [4.78, 5) is 11.8. The van der Waals surface area contributed by atoms with Gasteiger partial charge in [-0.05, 0) is 86.6 Å². The summed E-state index contributed by atoms with van der Waals surface area (Å²) >= 11 is 0. The Morgan fingerprint density at radius 3 is 2.33 bits per heavy atom. The van der Waals surface area contributed by atoms with E-state index in [1.807, 2.05) is 0 Å². The zero-order valence-corrected chi connectivity index (χ0v) is 18.2. The molecule has 0 heterocycles. The molecule has 0 bridgehead atoms. The average Bonchev–Trinajstić information content (AvgIpc) is 2.75. The second-order valence-corrected chi connectivity index (χ2v) is 8.60. The highest BCUT2D eigenvalue weighted by molar-refractivity contribution is 5.92. The maximum absolute atomic E-state index is 11.8. The summed E-state index contributed by atoms with van der Waals surface area (Å²) in [7, 11) is 0. The number of hydrogen-bond acceptors (Lipinski definition) is 2. The van der Waals surface area contributed by atoms with Gasteiger partial charge in [-0.3, -0.25) is 4.79 Å². The van der Waals surface area contributed by atoms with Gasteiger partial charge in [-0.15, -0.1) is 0 Å². The van der Waals surface area contributed by atoms with E-state index in [1.165, 1.54) is 5.57 Å².